The monoisotopic (exact) mass is 396 g/mol. The normalized spacial score (nSPS) is 18.8. The molecule has 1 aliphatic rings. The van der Waals surface area contributed by atoms with Crippen LogP contribution in [-0.2, 0) is 14.3 Å². The second-order valence-electron chi connectivity index (χ2n) is 7.39. The van der Waals surface area contributed by atoms with Crippen molar-refractivity contribution in [3.63, 3.8) is 0 Å². The summed E-state index contributed by atoms with van der Waals surface area (Å²) in [6.45, 7) is 3.60. The summed E-state index contributed by atoms with van der Waals surface area (Å²) in [4.78, 5) is 26.2. The zero-order chi connectivity index (χ0) is 20.6. The van der Waals surface area contributed by atoms with Crippen LogP contribution in [-0.4, -0.2) is 42.1 Å². The molecule has 6 heteroatoms. The van der Waals surface area contributed by atoms with Crippen LogP contribution in [0.1, 0.15) is 33.1 Å². The lowest BCUT2D eigenvalue weighted by Gasteiger charge is -2.38. The largest absolute Gasteiger partial charge is 0.482 e. The number of carbonyl (C=O) groups excluding carboxylic acids is 2. The third-order valence-corrected chi connectivity index (χ3v) is 5.11. The summed E-state index contributed by atoms with van der Waals surface area (Å²) in [6, 6.07) is 17.5. The van der Waals surface area contributed by atoms with Crippen LogP contribution in [0.25, 0.3) is 0 Å². The van der Waals surface area contributed by atoms with Gasteiger partial charge < -0.3 is 19.7 Å². The molecule has 1 heterocycles. The summed E-state index contributed by atoms with van der Waals surface area (Å²) < 4.78 is 10.6. The quantitative estimate of drug-likeness (QED) is 0.713. The molecule has 2 aromatic rings. The number of ether oxygens (including phenoxy) is 2. The number of anilines is 2. The number of benzene rings is 2. The van der Waals surface area contributed by atoms with Gasteiger partial charge in [-0.05, 0) is 69.5 Å². The number of piperidine rings is 1. The Hall–Kier alpha value is -3.02. The maximum absolute atomic E-state index is 12.4. The Labute approximate surface area is 171 Å². The number of nitrogens with one attached hydrogen (secondary N) is 1. The van der Waals surface area contributed by atoms with E-state index in [4.69, 9.17) is 9.47 Å². The average molecular weight is 396 g/mol. The van der Waals surface area contributed by atoms with Gasteiger partial charge >= 0.3 is 5.97 Å². The minimum atomic E-state index is -0.554. The highest BCUT2D eigenvalue weighted by Crippen LogP contribution is 2.23. The molecule has 154 valence electrons. The van der Waals surface area contributed by atoms with E-state index in [1.165, 1.54) is 0 Å². The molecule has 3 rings (SSSR count). The lowest BCUT2D eigenvalue weighted by Crippen LogP contribution is -2.49. The molecule has 6 nitrogen and oxygen atoms in total. The van der Waals surface area contributed by atoms with Crippen molar-refractivity contribution in [2.24, 2.45) is 0 Å². The van der Waals surface area contributed by atoms with Crippen LogP contribution in [0.3, 0.4) is 0 Å². The Morgan fingerprint density at radius 1 is 0.931 bits per heavy atom. The Morgan fingerprint density at radius 3 is 2.21 bits per heavy atom. The first-order valence-electron chi connectivity index (χ1n) is 10.0. The van der Waals surface area contributed by atoms with Gasteiger partial charge in [0, 0.05) is 23.5 Å². The molecular formula is C23H28N2O4. The second kappa shape index (κ2) is 9.96. The zero-order valence-electron chi connectivity index (χ0n) is 17.0. The van der Waals surface area contributed by atoms with E-state index < -0.39 is 5.97 Å². The van der Waals surface area contributed by atoms with E-state index in [0.29, 0.717) is 5.75 Å². The van der Waals surface area contributed by atoms with Gasteiger partial charge in [-0.25, -0.2) is 4.79 Å². The van der Waals surface area contributed by atoms with Crippen molar-refractivity contribution < 1.29 is 19.1 Å². The van der Waals surface area contributed by atoms with Gasteiger partial charge in [-0.3, -0.25) is 4.79 Å². The smallest absolute Gasteiger partial charge is 0.344 e. The first-order chi connectivity index (χ1) is 14.0. The van der Waals surface area contributed by atoms with Crippen molar-refractivity contribution in [2.75, 3.05) is 18.5 Å². The van der Waals surface area contributed by atoms with E-state index in [1.54, 1.807) is 12.1 Å². The number of rotatable bonds is 7. The SMILES string of the molecule is C[C@@H]1CCC[C@H](C)N1C(=O)COC(=O)COc1ccc(Nc2ccccc2)cc1. The van der Waals surface area contributed by atoms with E-state index >= 15 is 0 Å². The molecule has 1 N–H and O–H groups in total. The average Bonchev–Trinajstić information content (AvgIpc) is 2.72. The molecule has 0 bridgehead atoms. The van der Waals surface area contributed by atoms with Gasteiger partial charge in [0.25, 0.3) is 5.91 Å². The predicted octanol–water partition coefficient (Wildman–Crippen LogP) is 4.14. The maximum atomic E-state index is 12.4. The highest BCUT2D eigenvalue weighted by Gasteiger charge is 2.29. The Balaban J connectivity index is 1.41. The minimum absolute atomic E-state index is 0.144. The number of nitrogens with zero attached hydrogens (tertiary/aromatic N) is 1. The highest BCUT2D eigenvalue weighted by molar-refractivity contribution is 5.81. The fourth-order valence-corrected chi connectivity index (χ4v) is 3.64. The van der Waals surface area contributed by atoms with E-state index in [2.05, 4.69) is 5.32 Å². The molecule has 0 unspecified atom stereocenters. The van der Waals surface area contributed by atoms with Crippen molar-refractivity contribution >= 4 is 23.3 Å². The van der Waals surface area contributed by atoms with Crippen LogP contribution in [0.2, 0.25) is 0 Å². The van der Waals surface area contributed by atoms with Gasteiger partial charge in [0.2, 0.25) is 0 Å². The van der Waals surface area contributed by atoms with E-state index in [0.717, 1.165) is 30.6 Å². The molecule has 0 radical (unpaired) electrons. The fourth-order valence-electron chi connectivity index (χ4n) is 3.64. The van der Waals surface area contributed by atoms with Gasteiger partial charge in [-0.15, -0.1) is 0 Å². The molecule has 1 saturated heterocycles. The molecule has 2 atom stereocenters. The minimum Gasteiger partial charge on any atom is -0.482 e. The summed E-state index contributed by atoms with van der Waals surface area (Å²) in [5.74, 6) is -0.137. The van der Waals surface area contributed by atoms with Crippen LogP contribution < -0.4 is 10.1 Å². The number of amides is 1. The van der Waals surface area contributed by atoms with E-state index in [-0.39, 0.29) is 31.2 Å². The molecule has 0 spiro atoms. The molecule has 1 aliphatic heterocycles. The summed E-state index contributed by atoms with van der Waals surface area (Å²) in [5, 5.41) is 3.28. The second-order valence-corrected chi connectivity index (χ2v) is 7.39. The van der Waals surface area contributed by atoms with Gasteiger partial charge in [0.05, 0.1) is 0 Å². The van der Waals surface area contributed by atoms with Crippen LogP contribution in [0, 0.1) is 0 Å². The first-order valence-corrected chi connectivity index (χ1v) is 10.0. The number of hydrogen-bond donors (Lipinski definition) is 1. The van der Waals surface area contributed by atoms with E-state index in [1.807, 2.05) is 61.2 Å². The summed E-state index contributed by atoms with van der Waals surface area (Å²) in [6.07, 6.45) is 3.10. The van der Waals surface area contributed by atoms with Crippen molar-refractivity contribution in [2.45, 2.75) is 45.2 Å². The third kappa shape index (κ3) is 5.98. The maximum Gasteiger partial charge on any atom is 0.344 e. The standard InChI is InChI=1S/C23H28N2O4/c1-17-7-6-8-18(2)25(17)22(26)15-29-23(27)16-28-21-13-11-20(12-14-21)24-19-9-4-3-5-10-19/h3-5,9-14,17-18,24H,6-8,15-16H2,1-2H3/t17-,18+. The van der Waals surface area contributed by atoms with Crippen molar-refractivity contribution in [3.05, 3.63) is 54.6 Å². The summed E-state index contributed by atoms with van der Waals surface area (Å²) in [7, 11) is 0. The van der Waals surface area contributed by atoms with Crippen LogP contribution in [0.15, 0.2) is 54.6 Å². The van der Waals surface area contributed by atoms with Crippen LogP contribution >= 0.6 is 0 Å². The number of hydrogen-bond acceptors (Lipinski definition) is 5. The van der Waals surface area contributed by atoms with Gasteiger partial charge in [0.1, 0.15) is 5.75 Å². The van der Waals surface area contributed by atoms with Gasteiger partial charge in [0.15, 0.2) is 13.2 Å². The van der Waals surface area contributed by atoms with Gasteiger partial charge in [-0.2, -0.15) is 0 Å². The van der Waals surface area contributed by atoms with Crippen molar-refractivity contribution in [1.29, 1.82) is 0 Å². The fraction of sp³-hybridized carbons (Fsp3) is 0.391. The molecule has 0 aromatic heterocycles. The Bertz CT molecular complexity index is 797. The lowest BCUT2D eigenvalue weighted by molar-refractivity contribution is -0.156. The van der Waals surface area contributed by atoms with Crippen LogP contribution in [0.4, 0.5) is 11.4 Å². The van der Waals surface area contributed by atoms with E-state index in [9.17, 15) is 9.59 Å². The number of para-hydroxylation sites is 1. The molecule has 1 amide bonds. The molecule has 0 aliphatic carbocycles. The molecule has 0 saturated carbocycles. The number of likely N-dealkylation sites (tertiary alicyclic amines) is 1. The zero-order valence-corrected chi connectivity index (χ0v) is 17.0. The molecule has 1 fully saturated rings. The summed E-state index contributed by atoms with van der Waals surface area (Å²) >= 11 is 0. The van der Waals surface area contributed by atoms with Crippen molar-refractivity contribution in [1.82, 2.24) is 4.90 Å². The first kappa shape index (κ1) is 20.7. The van der Waals surface area contributed by atoms with Gasteiger partial charge in [-0.1, -0.05) is 18.2 Å². The molecule has 29 heavy (non-hydrogen) atoms. The predicted molar refractivity (Wildman–Crippen MR) is 112 cm³/mol. The number of esters is 1. The van der Waals surface area contributed by atoms with Crippen molar-refractivity contribution in [3.8, 4) is 5.75 Å². The summed E-state index contributed by atoms with van der Waals surface area (Å²) in [5.41, 5.74) is 1.91. The Kier molecular flexibility index (Phi) is 7.11. The third-order valence-electron chi connectivity index (χ3n) is 5.11. The highest BCUT2D eigenvalue weighted by atomic mass is 16.6. The Morgan fingerprint density at radius 2 is 1.55 bits per heavy atom. The lowest BCUT2D eigenvalue weighted by atomic mass is 9.97. The van der Waals surface area contributed by atoms with Crippen LogP contribution in [0.5, 0.6) is 5.75 Å². The molecular weight excluding hydrogens is 368 g/mol. The topological polar surface area (TPSA) is 67.9 Å². The molecule has 2 aromatic carbocycles. The number of carbonyl (C=O) groups is 2.